The summed E-state index contributed by atoms with van der Waals surface area (Å²) in [5, 5.41) is 5.29. The lowest BCUT2D eigenvalue weighted by molar-refractivity contribution is 0.269. The van der Waals surface area contributed by atoms with Crippen LogP contribution in [0.15, 0.2) is 54.6 Å². The number of benzene rings is 3. The van der Waals surface area contributed by atoms with Crippen LogP contribution in [0.2, 0.25) is 15.1 Å². The van der Waals surface area contributed by atoms with E-state index in [1.165, 1.54) is 0 Å². The van der Waals surface area contributed by atoms with E-state index in [1.807, 2.05) is 68.4 Å². The lowest BCUT2D eigenvalue weighted by Crippen LogP contribution is -2.04. The Morgan fingerprint density at radius 3 is 2.41 bits per heavy atom. The minimum absolute atomic E-state index is 0.347. The first-order valence-electron chi connectivity index (χ1n) is 9.29. The lowest BCUT2D eigenvalue weighted by atomic mass is 10.1. The second-order valence-corrected chi connectivity index (χ2v) is 7.77. The van der Waals surface area contributed by atoms with E-state index in [4.69, 9.17) is 44.3 Å². The summed E-state index contributed by atoms with van der Waals surface area (Å²) in [4.78, 5) is 0. The van der Waals surface area contributed by atoms with E-state index in [-0.39, 0.29) is 0 Å². The summed E-state index contributed by atoms with van der Waals surface area (Å²) < 4.78 is 11.7. The fourth-order valence-electron chi connectivity index (χ4n) is 2.90. The standard InChI is InChI=1S/C23H22Cl3NO2/c1-3-28-22-12-17(13-27-21-9-5-8-19(25)15(21)2)11-20(26)23(22)29-14-16-6-4-7-18(24)10-16/h4-12,27H,3,13-14H2,1-2H3. The Hall–Kier alpha value is -2.07. The normalized spacial score (nSPS) is 10.7. The molecule has 3 nitrogen and oxygen atoms in total. The van der Waals surface area contributed by atoms with Gasteiger partial charge in [-0.1, -0.05) is 53.0 Å². The first kappa shape index (κ1) is 21.6. The summed E-state index contributed by atoms with van der Waals surface area (Å²) in [6.07, 6.45) is 0. The van der Waals surface area contributed by atoms with Crippen LogP contribution in [0.4, 0.5) is 5.69 Å². The van der Waals surface area contributed by atoms with Crippen molar-refractivity contribution < 1.29 is 9.47 Å². The molecule has 0 atom stereocenters. The molecule has 0 unspecified atom stereocenters. The zero-order valence-electron chi connectivity index (χ0n) is 16.3. The van der Waals surface area contributed by atoms with Gasteiger partial charge in [-0.2, -0.15) is 0 Å². The van der Waals surface area contributed by atoms with E-state index in [2.05, 4.69) is 5.32 Å². The van der Waals surface area contributed by atoms with Crippen LogP contribution in [0.5, 0.6) is 11.5 Å². The first-order valence-corrected chi connectivity index (χ1v) is 10.4. The molecule has 3 aromatic rings. The Morgan fingerprint density at radius 2 is 1.66 bits per heavy atom. The van der Waals surface area contributed by atoms with Gasteiger partial charge in [-0.05, 0) is 66.9 Å². The first-order chi connectivity index (χ1) is 14.0. The molecule has 0 aliphatic heterocycles. The van der Waals surface area contributed by atoms with Gasteiger partial charge in [0.2, 0.25) is 0 Å². The van der Waals surface area contributed by atoms with Crippen molar-refractivity contribution in [2.75, 3.05) is 11.9 Å². The maximum atomic E-state index is 6.53. The third-order valence-electron chi connectivity index (χ3n) is 4.39. The highest BCUT2D eigenvalue weighted by atomic mass is 35.5. The SMILES string of the molecule is CCOc1cc(CNc2cccc(Cl)c2C)cc(Cl)c1OCc1cccc(Cl)c1. The minimum atomic E-state index is 0.347. The maximum absolute atomic E-state index is 6.53. The predicted octanol–water partition coefficient (Wildman–Crippen LogP) is 7.55. The molecule has 0 heterocycles. The van der Waals surface area contributed by atoms with Crippen LogP contribution in [0.1, 0.15) is 23.6 Å². The zero-order chi connectivity index (χ0) is 20.8. The molecule has 0 aliphatic carbocycles. The highest BCUT2D eigenvalue weighted by Gasteiger charge is 2.13. The summed E-state index contributed by atoms with van der Waals surface area (Å²) >= 11 is 18.8. The number of halogens is 3. The minimum Gasteiger partial charge on any atom is -0.490 e. The van der Waals surface area contributed by atoms with Crippen LogP contribution in [0.25, 0.3) is 0 Å². The summed E-state index contributed by atoms with van der Waals surface area (Å²) in [6, 6.07) is 17.1. The van der Waals surface area contributed by atoms with Crippen LogP contribution in [-0.2, 0) is 13.2 Å². The van der Waals surface area contributed by atoms with Gasteiger partial charge in [-0.15, -0.1) is 0 Å². The molecule has 0 saturated carbocycles. The molecule has 0 amide bonds. The molecule has 3 rings (SSSR count). The average molecular weight is 451 g/mol. The molecular weight excluding hydrogens is 429 g/mol. The fraction of sp³-hybridized carbons (Fsp3) is 0.217. The van der Waals surface area contributed by atoms with Crippen molar-refractivity contribution in [2.24, 2.45) is 0 Å². The second-order valence-electron chi connectivity index (χ2n) is 6.52. The Morgan fingerprint density at radius 1 is 0.862 bits per heavy atom. The van der Waals surface area contributed by atoms with Crippen molar-refractivity contribution in [1.29, 1.82) is 0 Å². The molecule has 0 fully saturated rings. The van der Waals surface area contributed by atoms with E-state index in [0.717, 1.165) is 27.4 Å². The van der Waals surface area contributed by atoms with Crippen molar-refractivity contribution >= 4 is 40.5 Å². The van der Waals surface area contributed by atoms with Crippen molar-refractivity contribution in [3.63, 3.8) is 0 Å². The van der Waals surface area contributed by atoms with Crippen LogP contribution < -0.4 is 14.8 Å². The van der Waals surface area contributed by atoms with E-state index < -0.39 is 0 Å². The van der Waals surface area contributed by atoms with E-state index in [0.29, 0.717) is 41.3 Å². The van der Waals surface area contributed by atoms with Crippen molar-refractivity contribution in [3.05, 3.63) is 86.4 Å². The molecule has 0 aromatic heterocycles. The molecule has 1 N–H and O–H groups in total. The number of hydrogen-bond acceptors (Lipinski definition) is 3. The van der Waals surface area contributed by atoms with Crippen LogP contribution in [0, 0.1) is 6.92 Å². The summed E-state index contributed by atoms with van der Waals surface area (Å²) in [5.74, 6) is 1.14. The highest BCUT2D eigenvalue weighted by Crippen LogP contribution is 2.37. The third-order valence-corrected chi connectivity index (χ3v) is 5.32. The zero-order valence-corrected chi connectivity index (χ0v) is 18.5. The lowest BCUT2D eigenvalue weighted by Gasteiger charge is -2.16. The molecule has 3 aromatic carbocycles. The monoisotopic (exact) mass is 449 g/mol. The molecule has 0 spiro atoms. The van der Waals surface area contributed by atoms with Gasteiger partial charge in [0.1, 0.15) is 6.61 Å². The van der Waals surface area contributed by atoms with E-state index >= 15 is 0 Å². The molecule has 0 saturated heterocycles. The Kier molecular flexibility index (Phi) is 7.54. The second kappa shape index (κ2) is 10.1. The largest absolute Gasteiger partial charge is 0.490 e. The Bertz CT molecular complexity index is 992. The maximum Gasteiger partial charge on any atom is 0.180 e. The van der Waals surface area contributed by atoms with E-state index in [1.54, 1.807) is 0 Å². The molecular formula is C23H22Cl3NO2. The highest BCUT2D eigenvalue weighted by molar-refractivity contribution is 6.32. The summed E-state index contributed by atoms with van der Waals surface area (Å²) in [5.41, 5.74) is 3.92. The molecule has 0 aliphatic rings. The van der Waals surface area contributed by atoms with Gasteiger partial charge in [-0.3, -0.25) is 0 Å². The number of hydrogen-bond donors (Lipinski definition) is 1. The number of ether oxygens (including phenoxy) is 2. The van der Waals surface area contributed by atoms with Gasteiger partial charge < -0.3 is 14.8 Å². The van der Waals surface area contributed by atoms with Crippen molar-refractivity contribution in [2.45, 2.75) is 27.0 Å². The quantitative estimate of drug-likeness (QED) is 0.384. The van der Waals surface area contributed by atoms with E-state index in [9.17, 15) is 0 Å². The molecule has 29 heavy (non-hydrogen) atoms. The van der Waals surface area contributed by atoms with Gasteiger partial charge in [0, 0.05) is 22.3 Å². The van der Waals surface area contributed by atoms with Gasteiger partial charge in [-0.25, -0.2) is 0 Å². The fourth-order valence-corrected chi connectivity index (χ4v) is 3.58. The van der Waals surface area contributed by atoms with Crippen molar-refractivity contribution in [1.82, 2.24) is 0 Å². The number of anilines is 1. The molecule has 152 valence electrons. The Balaban J connectivity index is 1.77. The molecule has 6 heteroatoms. The molecule has 0 radical (unpaired) electrons. The van der Waals surface area contributed by atoms with Crippen LogP contribution >= 0.6 is 34.8 Å². The molecule has 0 bridgehead atoms. The predicted molar refractivity (Wildman–Crippen MR) is 122 cm³/mol. The van der Waals surface area contributed by atoms with Crippen LogP contribution in [0.3, 0.4) is 0 Å². The van der Waals surface area contributed by atoms with Gasteiger partial charge in [0.15, 0.2) is 11.5 Å². The smallest absolute Gasteiger partial charge is 0.180 e. The summed E-state index contributed by atoms with van der Waals surface area (Å²) in [6.45, 7) is 5.34. The van der Waals surface area contributed by atoms with Gasteiger partial charge in [0.05, 0.1) is 11.6 Å². The summed E-state index contributed by atoms with van der Waals surface area (Å²) in [7, 11) is 0. The van der Waals surface area contributed by atoms with Crippen molar-refractivity contribution in [3.8, 4) is 11.5 Å². The third kappa shape index (κ3) is 5.72. The topological polar surface area (TPSA) is 30.5 Å². The number of rotatable bonds is 8. The van der Waals surface area contributed by atoms with Gasteiger partial charge in [0.25, 0.3) is 0 Å². The number of nitrogens with one attached hydrogen (secondary N) is 1. The average Bonchev–Trinajstić information content (AvgIpc) is 2.69. The van der Waals surface area contributed by atoms with Gasteiger partial charge >= 0.3 is 0 Å². The Labute approximate surface area is 186 Å². The van der Waals surface area contributed by atoms with Crippen LogP contribution in [-0.4, -0.2) is 6.61 Å².